The number of nitriles is 1. The quantitative estimate of drug-likeness (QED) is 0.253. The lowest BCUT2D eigenvalue weighted by Gasteiger charge is -2.17. The zero-order valence-electron chi connectivity index (χ0n) is 20.9. The van der Waals surface area contributed by atoms with Gasteiger partial charge in [0.1, 0.15) is 16.9 Å². The number of aromatic nitrogens is 1. The number of pyridine rings is 1. The second kappa shape index (κ2) is 12.2. The third-order valence-corrected chi connectivity index (χ3v) is 6.81. The van der Waals surface area contributed by atoms with E-state index in [-0.39, 0.29) is 22.8 Å². The summed E-state index contributed by atoms with van der Waals surface area (Å²) < 4.78 is 13.7. The summed E-state index contributed by atoms with van der Waals surface area (Å²) in [5.41, 5.74) is 4.00. The van der Waals surface area contributed by atoms with E-state index >= 15 is 0 Å². The Morgan fingerprint density at radius 2 is 1.61 bits per heavy atom. The number of hydrogen-bond donors (Lipinski definition) is 2. The fraction of sp³-hybridized carbons (Fsp3) is 0.133. The Bertz CT molecular complexity index is 1500. The number of halogens is 1. The van der Waals surface area contributed by atoms with Gasteiger partial charge in [-0.15, -0.1) is 0 Å². The Labute approximate surface area is 224 Å². The average Bonchev–Trinajstić information content (AvgIpc) is 2.93. The molecule has 2 N–H and O–H groups in total. The third kappa shape index (κ3) is 6.25. The van der Waals surface area contributed by atoms with Crippen molar-refractivity contribution in [3.8, 4) is 17.2 Å². The number of carbonyl (C=O) groups excluding carboxylic acids is 2. The fourth-order valence-corrected chi connectivity index (χ4v) is 4.77. The molecule has 38 heavy (non-hydrogen) atoms. The Kier molecular flexibility index (Phi) is 8.51. The summed E-state index contributed by atoms with van der Waals surface area (Å²) in [6.45, 7) is 3.73. The van der Waals surface area contributed by atoms with E-state index in [1.165, 1.54) is 29.8 Å². The smallest absolute Gasteiger partial charge is 0.258 e. The predicted octanol–water partition coefficient (Wildman–Crippen LogP) is 6.61. The van der Waals surface area contributed by atoms with E-state index in [0.717, 1.165) is 18.2 Å². The molecule has 4 aromatic rings. The Hall–Kier alpha value is -4.48. The lowest BCUT2D eigenvalue weighted by Crippen LogP contribution is -2.18. The second-order valence-corrected chi connectivity index (χ2v) is 9.42. The van der Waals surface area contributed by atoms with Gasteiger partial charge in [0.05, 0.1) is 22.6 Å². The number of rotatable bonds is 8. The summed E-state index contributed by atoms with van der Waals surface area (Å²) >= 11 is 1.11. The molecule has 1 heterocycles. The van der Waals surface area contributed by atoms with Crippen molar-refractivity contribution in [3.63, 3.8) is 0 Å². The van der Waals surface area contributed by atoms with Crippen LogP contribution in [0.25, 0.3) is 11.1 Å². The van der Waals surface area contributed by atoms with Crippen LogP contribution >= 0.6 is 11.8 Å². The van der Waals surface area contributed by atoms with E-state index in [2.05, 4.69) is 28.6 Å². The maximum atomic E-state index is 13.7. The molecule has 0 atom stereocenters. The van der Waals surface area contributed by atoms with Crippen molar-refractivity contribution in [2.24, 2.45) is 0 Å². The summed E-state index contributed by atoms with van der Waals surface area (Å²) in [5, 5.41) is 16.2. The van der Waals surface area contributed by atoms with Gasteiger partial charge in [-0.1, -0.05) is 61.2 Å². The standard InChI is InChI=1S/C30H25FN4O2S/c1-3-20-9-15-24(16-10-20)34-26(36)18-38-30-25(17-32)28(21-11-13-22(31)14-12-21)27(19(2)33-30)29(37)35-23-7-5-4-6-8-23/h4-16H,3,18H2,1-2H3,(H,34,36)(H,35,37). The SMILES string of the molecule is CCc1ccc(NC(=O)CSc2nc(C)c(C(=O)Nc3ccccc3)c(-c3ccc(F)cc3)c2C#N)cc1. The highest BCUT2D eigenvalue weighted by Crippen LogP contribution is 2.35. The summed E-state index contributed by atoms with van der Waals surface area (Å²) in [6.07, 6.45) is 0.905. The van der Waals surface area contributed by atoms with Crippen molar-refractivity contribution in [2.75, 3.05) is 16.4 Å². The average molecular weight is 525 g/mol. The topological polar surface area (TPSA) is 94.9 Å². The molecule has 0 spiro atoms. The van der Waals surface area contributed by atoms with E-state index in [4.69, 9.17) is 0 Å². The first kappa shape index (κ1) is 26.6. The van der Waals surface area contributed by atoms with Crippen molar-refractivity contribution in [2.45, 2.75) is 25.3 Å². The summed E-state index contributed by atoms with van der Waals surface area (Å²) in [7, 11) is 0. The van der Waals surface area contributed by atoms with Gasteiger partial charge in [0, 0.05) is 16.9 Å². The third-order valence-electron chi connectivity index (χ3n) is 5.83. The van der Waals surface area contributed by atoms with Crippen molar-refractivity contribution < 1.29 is 14.0 Å². The maximum absolute atomic E-state index is 13.7. The normalized spacial score (nSPS) is 10.5. The van der Waals surface area contributed by atoms with Crippen molar-refractivity contribution in [1.82, 2.24) is 4.98 Å². The molecule has 2 amide bonds. The van der Waals surface area contributed by atoms with E-state index in [9.17, 15) is 19.2 Å². The zero-order chi connectivity index (χ0) is 27.1. The van der Waals surface area contributed by atoms with Crippen LogP contribution in [0.4, 0.5) is 15.8 Å². The van der Waals surface area contributed by atoms with Crippen LogP contribution in [0, 0.1) is 24.1 Å². The van der Waals surface area contributed by atoms with E-state index in [1.54, 1.807) is 31.2 Å². The number of thioether (sulfide) groups is 1. The van der Waals surface area contributed by atoms with Crippen LogP contribution in [0.2, 0.25) is 0 Å². The molecule has 8 heteroatoms. The van der Waals surface area contributed by atoms with Crippen molar-refractivity contribution in [3.05, 3.63) is 107 Å². The van der Waals surface area contributed by atoms with Gasteiger partial charge < -0.3 is 10.6 Å². The molecule has 0 aliphatic carbocycles. The molecular weight excluding hydrogens is 499 g/mol. The van der Waals surface area contributed by atoms with Crippen LogP contribution in [0.15, 0.2) is 83.9 Å². The van der Waals surface area contributed by atoms with Gasteiger partial charge in [-0.05, 0) is 60.9 Å². The number of anilines is 2. The van der Waals surface area contributed by atoms with Crippen LogP contribution in [0.3, 0.4) is 0 Å². The lowest BCUT2D eigenvalue weighted by molar-refractivity contribution is -0.113. The maximum Gasteiger partial charge on any atom is 0.258 e. The van der Waals surface area contributed by atoms with Crippen LogP contribution < -0.4 is 10.6 Å². The van der Waals surface area contributed by atoms with Crippen LogP contribution in [-0.4, -0.2) is 22.6 Å². The van der Waals surface area contributed by atoms with Crippen LogP contribution in [-0.2, 0) is 11.2 Å². The number of para-hydroxylation sites is 1. The van der Waals surface area contributed by atoms with Gasteiger partial charge in [-0.3, -0.25) is 9.59 Å². The number of amides is 2. The van der Waals surface area contributed by atoms with Crippen molar-refractivity contribution >= 4 is 35.0 Å². The molecule has 0 fully saturated rings. The number of nitrogens with zero attached hydrogens (tertiary/aromatic N) is 2. The Balaban J connectivity index is 1.67. The van der Waals surface area contributed by atoms with Gasteiger partial charge in [0.2, 0.25) is 5.91 Å². The first-order valence-electron chi connectivity index (χ1n) is 12.0. The van der Waals surface area contributed by atoms with Gasteiger partial charge >= 0.3 is 0 Å². The molecule has 0 unspecified atom stereocenters. The molecule has 0 aliphatic heterocycles. The molecule has 3 aromatic carbocycles. The van der Waals surface area contributed by atoms with Crippen LogP contribution in [0.1, 0.15) is 34.1 Å². The second-order valence-electron chi connectivity index (χ2n) is 8.45. The molecule has 1 aromatic heterocycles. The van der Waals surface area contributed by atoms with E-state index < -0.39 is 11.7 Å². The first-order valence-corrected chi connectivity index (χ1v) is 13.0. The monoisotopic (exact) mass is 524 g/mol. The minimum atomic E-state index is -0.443. The molecule has 4 rings (SSSR count). The number of hydrogen-bond acceptors (Lipinski definition) is 5. The summed E-state index contributed by atoms with van der Waals surface area (Å²) in [6, 6.07) is 24.3. The molecule has 0 saturated heterocycles. The number of carbonyl (C=O) groups is 2. The van der Waals surface area contributed by atoms with Crippen LogP contribution in [0.5, 0.6) is 0 Å². The molecule has 0 aliphatic rings. The highest BCUT2D eigenvalue weighted by atomic mass is 32.2. The van der Waals surface area contributed by atoms with Gasteiger partial charge in [-0.2, -0.15) is 5.26 Å². The van der Waals surface area contributed by atoms with E-state index in [1.807, 2.05) is 30.3 Å². The highest BCUT2D eigenvalue weighted by molar-refractivity contribution is 8.00. The lowest BCUT2D eigenvalue weighted by atomic mass is 9.94. The highest BCUT2D eigenvalue weighted by Gasteiger charge is 2.25. The van der Waals surface area contributed by atoms with Gasteiger partial charge in [0.15, 0.2) is 0 Å². The first-order chi connectivity index (χ1) is 18.4. The molecule has 0 bridgehead atoms. The molecule has 0 radical (unpaired) electrons. The number of nitrogens with one attached hydrogen (secondary N) is 2. The minimum Gasteiger partial charge on any atom is -0.325 e. The predicted molar refractivity (Wildman–Crippen MR) is 149 cm³/mol. The Morgan fingerprint density at radius 1 is 0.947 bits per heavy atom. The molecular formula is C30H25FN4O2S. The Morgan fingerprint density at radius 3 is 2.24 bits per heavy atom. The number of benzene rings is 3. The molecule has 0 saturated carbocycles. The van der Waals surface area contributed by atoms with Gasteiger partial charge in [-0.25, -0.2) is 9.37 Å². The van der Waals surface area contributed by atoms with Gasteiger partial charge in [0.25, 0.3) is 5.91 Å². The van der Waals surface area contributed by atoms with E-state index in [0.29, 0.717) is 33.2 Å². The summed E-state index contributed by atoms with van der Waals surface area (Å²) in [5.74, 6) is -1.13. The largest absolute Gasteiger partial charge is 0.325 e. The minimum absolute atomic E-state index is 0.00899. The zero-order valence-corrected chi connectivity index (χ0v) is 21.7. The molecule has 190 valence electrons. The fourth-order valence-electron chi connectivity index (χ4n) is 3.94. The molecule has 6 nitrogen and oxygen atoms in total. The van der Waals surface area contributed by atoms with Crippen molar-refractivity contribution in [1.29, 1.82) is 5.26 Å². The number of aryl methyl sites for hydroxylation is 2. The summed E-state index contributed by atoms with van der Waals surface area (Å²) in [4.78, 5) is 30.6.